The number of aryl methyl sites for hydroxylation is 1. The highest BCUT2D eigenvalue weighted by atomic mass is 15.3. The molecule has 2 aromatic rings. The fourth-order valence-corrected chi connectivity index (χ4v) is 2.43. The molecule has 0 saturated carbocycles. The van der Waals surface area contributed by atoms with Crippen LogP contribution in [0.4, 0.5) is 17.5 Å². The second-order valence-corrected chi connectivity index (χ2v) is 5.57. The van der Waals surface area contributed by atoms with E-state index >= 15 is 0 Å². The average Bonchev–Trinajstić information content (AvgIpc) is 2.54. The van der Waals surface area contributed by atoms with E-state index in [2.05, 4.69) is 66.9 Å². The molecule has 0 bridgehead atoms. The summed E-state index contributed by atoms with van der Waals surface area (Å²) in [5, 5.41) is 0. The van der Waals surface area contributed by atoms with Gasteiger partial charge in [0.1, 0.15) is 5.82 Å². The highest BCUT2D eigenvalue weighted by Crippen LogP contribution is 2.24. The second-order valence-electron chi connectivity index (χ2n) is 5.57. The summed E-state index contributed by atoms with van der Waals surface area (Å²) in [4.78, 5) is 13.5. The lowest BCUT2D eigenvalue weighted by Gasteiger charge is -2.24. The Morgan fingerprint density at radius 3 is 2.64 bits per heavy atom. The van der Waals surface area contributed by atoms with Gasteiger partial charge in [0.15, 0.2) is 0 Å². The Hall–Kier alpha value is -2.10. The van der Waals surface area contributed by atoms with Crippen LogP contribution in [0.25, 0.3) is 0 Å². The predicted molar refractivity (Wildman–Crippen MR) is 94.1 cm³/mol. The van der Waals surface area contributed by atoms with Gasteiger partial charge in [-0.05, 0) is 44.0 Å². The van der Waals surface area contributed by atoms with Crippen molar-refractivity contribution in [3.63, 3.8) is 0 Å². The fraction of sp³-hybridized carbons (Fsp3) is 0.444. The Bertz CT molecular complexity index is 597. The summed E-state index contributed by atoms with van der Waals surface area (Å²) in [6.07, 6.45) is 4.20. The van der Waals surface area contributed by atoms with Gasteiger partial charge >= 0.3 is 0 Å². The van der Waals surface area contributed by atoms with E-state index in [1.807, 2.05) is 12.3 Å². The van der Waals surface area contributed by atoms with Crippen molar-refractivity contribution in [3.8, 4) is 0 Å². The molecular formula is C18H26N4. The number of unbranched alkanes of at least 4 members (excludes halogenated alkanes) is 1. The fourth-order valence-electron chi connectivity index (χ4n) is 2.43. The molecule has 22 heavy (non-hydrogen) atoms. The van der Waals surface area contributed by atoms with Crippen molar-refractivity contribution in [1.29, 1.82) is 0 Å². The van der Waals surface area contributed by atoms with Gasteiger partial charge in [-0.25, -0.2) is 4.98 Å². The van der Waals surface area contributed by atoms with Crippen LogP contribution in [0.5, 0.6) is 0 Å². The molecule has 0 aliphatic heterocycles. The Balaban J connectivity index is 2.26. The molecule has 0 radical (unpaired) electrons. The van der Waals surface area contributed by atoms with Crippen molar-refractivity contribution in [2.75, 3.05) is 29.9 Å². The normalized spacial score (nSPS) is 10.5. The molecule has 1 aromatic heterocycles. The minimum atomic E-state index is 0.758. The van der Waals surface area contributed by atoms with Crippen molar-refractivity contribution in [2.24, 2.45) is 0 Å². The lowest BCUT2D eigenvalue weighted by Crippen LogP contribution is -2.23. The number of benzene rings is 1. The molecule has 0 spiro atoms. The van der Waals surface area contributed by atoms with Crippen LogP contribution >= 0.6 is 0 Å². The van der Waals surface area contributed by atoms with E-state index < -0.39 is 0 Å². The van der Waals surface area contributed by atoms with E-state index in [1.165, 1.54) is 18.4 Å². The maximum absolute atomic E-state index is 4.74. The molecule has 0 amide bonds. The van der Waals surface area contributed by atoms with Gasteiger partial charge in [0, 0.05) is 32.0 Å². The molecule has 0 atom stereocenters. The van der Waals surface area contributed by atoms with Gasteiger partial charge in [0.05, 0.1) is 0 Å². The Morgan fingerprint density at radius 1 is 1.14 bits per heavy atom. The Morgan fingerprint density at radius 2 is 1.95 bits per heavy atom. The number of hydrogen-bond acceptors (Lipinski definition) is 4. The van der Waals surface area contributed by atoms with Crippen molar-refractivity contribution < 1.29 is 0 Å². The number of anilines is 3. The van der Waals surface area contributed by atoms with E-state index in [1.54, 1.807) is 0 Å². The first-order valence-electron chi connectivity index (χ1n) is 8.04. The summed E-state index contributed by atoms with van der Waals surface area (Å²) in [5.74, 6) is 1.73. The molecule has 0 aliphatic rings. The van der Waals surface area contributed by atoms with E-state index in [0.717, 1.165) is 30.5 Å². The van der Waals surface area contributed by atoms with Crippen molar-refractivity contribution in [2.45, 2.75) is 33.6 Å². The molecule has 4 nitrogen and oxygen atoms in total. The minimum Gasteiger partial charge on any atom is -0.360 e. The quantitative estimate of drug-likeness (QED) is 0.767. The maximum atomic E-state index is 4.74. The van der Waals surface area contributed by atoms with Crippen LogP contribution in [0.1, 0.15) is 32.3 Å². The van der Waals surface area contributed by atoms with Gasteiger partial charge in [-0.2, -0.15) is 4.98 Å². The summed E-state index contributed by atoms with van der Waals surface area (Å²) in [6.45, 7) is 8.29. The average molecular weight is 298 g/mol. The standard InChI is InChI=1S/C18H26N4/c1-5-7-13-21(4)17-11-12-19-18(20-17)22(6-2)16-10-8-9-15(3)14-16/h8-12,14H,5-7,13H2,1-4H3. The lowest BCUT2D eigenvalue weighted by molar-refractivity contribution is 0.757. The van der Waals surface area contributed by atoms with Crippen LogP contribution in [-0.4, -0.2) is 30.1 Å². The van der Waals surface area contributed by atoms with Crippen LogP contribution in [0.3, 0.4) is 0 Å². The summed E-state index contributed by atoms with van der Waals surface area (Å²) >= 11 is 0. The molecule has 1 heterocycles. The molecule has 0 aliphatic carbocycles. The Kier molecular flexibility index (Phi) is 5.75. The third kappa shape index (κ3) is 3.97. The zero-order chi connectivity index (χ0) is 15.9. The third-order valence-electron chi connectivity index (χ3n) is 3.74. The number of hydrogen-bond donors (Lipinski definition) is 0. The molecule has 0 saturated heterocycles. The van der Waals surface area contributed by atoms with Crippen LogP contribution in [0, 0.1) is 6.92 Å². The first kappa shape index (κ1) is 16.3. The SMILES string of the molecule is CCCCN(C)c1ccnc(N(CC)c2cccc(C)c2)n1. The van der Waals surface area contributed by atoms with Crippen molar-refractivity contribution in [3.05, 3.63) is 42.1 Å². The van der Waals surface area contributed by atoms with E-state index in [4.69, 9.17) is 4.98 Å². The van der Waals surface area contributed by atoms with Crippen LogP contribution in [0.15, 0.2) is 36.5 Å². The van der Waals surface area contributed by atoms with Crippen LogP contribution in [0.2, 0.25) is 0 Å². The summed E-state index contributed by atoms with van der Waals surface area (Å²) < 4.78 is 0. The molecule has 118 valence electrons. The maximum Gasteiger partial charge on any atom is 0.231 e. The van der Waals surface area contributed by atoms with E-state index in [-0.39, 0.29) is 0 Å². The van der Waals surface area contributed by atoms with Gasteiger partial charge in [-0.1, -0.05) is 25.5 Å². The first-order chi connectivity index (χ1) is 10.7. The van der Waals surface area contributed by atoms with Gasteiger partial charge in [0.2, 0.25) is 5.95 Å². The molecule has 2 rings (SSSR count). The lowest BCUT2D eigenvalue weighted by atomic mass is 10.2. The zero-order valence-electron chi connectivity index (χ0n) is 14.1. The smallest absolute Gasteiger partial charge is 0.231 e. The van der Waals surface area contributed by atoms with Gasteiger partial charge in [-0.3, -0.25) is 0 Å². The largest absolute Gasteiger partial charge is 0.360 e. The first-order valence-corrected chi connectivity index (χ1v) is 8.04. The summed E-state index contributed by atoms with van der Waals surface area (Å²) in [7, 11) is 2.09. The van der Waals surface area contributed by atoms with E-state index in [0.29, 0.717) is 0 Å². The third-order valence-corrected chi connectivity index (χ3v) is 3.74. The molecule has 0 N–H and O–H groups in total. The van der Waals surface area contributed by atoms with Crippen molar-refractivity contribution >= 4 is 17.5 Å². The number of nitrogens with zero attached hydrogens (tertiary/aromatic N) is 4. The number of rotatable bonds is 7. The molecule has 4 heteroatoms. The zero-order valence-corrected chi connectivity index (χ0v) is 14.1. The molecular weight excluding hydrogens is 272 g/mol. The van der Waals surface area contributed by atoms with Gasteiger partial charge in [-0.15, -0.1) is 0 Å². The summed E-state index contributed by atoms with van der Waals surface area (Å²) in [6, 6.07) is 10.4. The monoisotopic (exact) mass is 298 g/mol. The van der Waals surface area contributed by atoms with Gasteiger partial charge < -0.3 is 9.80 Å². The van der Waals surface area contributed by atoms with Gasteiger partial charge in [0.25, 0.3) is 0 Å². The summed E-state index contributed by atoms with van der Waals surface area (Å²) in [5.41, 5.74) is 2.38. The second kappa shape index (κ2) is 7.78. The molecule has 0 fully saturated rings. The Labute approximate surface area is 133 Å². The van der Waals surface area contributed by atoms with E-state index in [9.17, 15) is 0 Å². The van der Waals surface area contributed by atoms with Crippen molar-refractivity contribution in [1.82, 2.24) is 9.97 Å². The predicted octanol–water partition coefficient (Wildman–Crippen LogP) is 4.18. The highest BCUT2D eigenvalue weighted by molar-refractivity contribution is 5.59. The molecule has 0 unspecified atom stereocenters. The highest BCUT2D eigenvalue weighted by Gasteiger charge is 2.12. The van der Waals surface area contributed by atoms with Crippen LogP contribution < -0.4 is 9.80 Å². The topological polar surface area (TPSA) is 32.3 Å². The minimum absolute atomic E-state index is 0.758. The number of aromatic nitrogens is 2. The molecule has 1 aromatic carbocycles. The van der Waals surface area contributed by atoms with Crippen LogP contribution in [-0.2, 0) is 0 Å².